The van der Waals surface area contributed by atoms with E-state index in [1.807, 2.05) is 0 Å². The standard InChI is InChI=1S/C18H25N3O4/c1-24-11-7-8-16(25-2)14(9-11)20-17(22)10-15-18(23)21-13-6-4-3-5-12(13)19-15/h7-9,12-13,15,19H,3-6,10H2,1-2H3,(H,20,22)(H,21,23)/t12-,13+,15+/m0/s1. The van der Waals surface area contributed by atoms with Crippen LogP contribution >= 0.6 is 0 Å². The first-order chi connectivity index (χ1) is 12.1. The second-order valence-electron chi connectivity index (χ2n) is 6.54. The molecule has 0 radical (unpaired) electrons. The van der Waals surface area contributed by atoms with Crippen LogP contribution in [0.5, 0.6) is 11.5 Å². The van der Waals surface area contributed by atoms with E-state index >= 15 is 0 Å². The highest BCUT2D eigenvalue weighted by Crippen LogP contribution is 2.29. The van der Waals surface area contributed by atoms with Crippen LogP contribution in [0.2, 0.25) is 0 Å². The molecule has 136 valence electrons. The maximum atomic E-state index is 12.4. The van der Waals surface area contributed by atoms with E-state index in [9.17, 15) is 9.59 Å². The number of anilines is 1. The SMILES string of the molecule is COc1ccc(OC)c(NC(=O)C[C@H]2N[C@H]3CCCC[C@H]3NC2=O)c1. The highest BCUT2D eigenvalue weighted by molar-refractivity contribution is 5.96. The molecule has 7 heteroatoms. The molecule has 1 aromatic carbocycles. The van der Waals surface area contributed by atoms with E-state index in [0.29, 0.717) is 17.2 Å². The lowest BCUT2D eigenvalue weighted by molar-refractivity contribution is -0.129. The van der Waals surface area contributed by atoms with Crippen LogP contribution in [-0.2, 0) is 9.59 Å². The number of hydrogen-bond donors (Lipinski definition) is 3. The van der Waals surface area contributed by atoms with Crippen LogP contribution in [0.3, 0.4) is 0 Å². The third-order valence-corrected chi connectivity index (χ3v) is 4.90. The zero-order chi connectivity index (χ0) is 17.8. The average molecular weight is 347 g/mol. The largest absolute Gasteiger partial charge is 0.497 e. The number of piperazine rings is 1. The minimum Gasteiger partial charge on any atom is -0.497 e. The van der Waals surface area contributed by atoms with Crippen molar-refractivity contribution in [2.45, 2.75) is 50.2 Å². The Labute approximate surface area is 147 Å². The van der Waals surface area contributed by atoms with Crippen LogP contribution in [0.4, 0.5) is 5.69 Å². The highest BCUT2D eigenvalue weighted by Gasteiger charge is 2.37. The summed E-state index contributed by atoms with van der Waals surface area (Å²) in [5, 5.41) is 9.21. The molecule has 1 saturated carbocycles. The molecule has 1 aromatic rings. The van der Waals surface area contributed by atoms with Gasteiger partial charge in [0.15, 0.2) is 0 Å². The Morgan fingerprint density at radius 3 is 2.68 bits per heavy atom. The van der Waals surface area contributed by atoms with Gasteiger partial charge < -0.3 is 25.4 Å². The van der Waals surface area contributed by atoms with Gasteiger partial charge in [0.1, 0.15) is 11.5 Å². The third-order valence-electron chi connectivity index (χ3n) is 4.90. The van der Waals surface area contributed by atoms with E-state index in [1.165, 1.54) is 7.11 Å². The Balaban J connectivity index is 1.63. The van der Waals surface area contributed by atoms with E-state index in [2.05, 4.69) is 16.0 Å². The fourth-order valence-corrected chi connectivity index (χ4v) is 3.57. The van der Waals surface area contributed by atoms with Crippen LogP contribution in [0.25, 0.3) is 0 Å². The van der Waals surface area contributed by atoms with Crippen molar-refractivity contribution in [1.29, 1.82) is 0 Å². The second-order valence-corrected chi connectivity index (χ2v) is 6.54. The molecule has 0 bridgehead atoms. The van der Waals surface area contributed by atoms with E-state index in [1.54, 1.807) is 25.3 Å². The Morgan fingerprint density at radius 2 is 1.96 bits per heavy atom. The summed E-state index contributed by atoms with van der Waals surface area (Å²) in [6.45, 7) is 0. The lowest BCUT2D eigenvalue weighted by atomic mass is 9.87. The number of nitrogens with one attached hydrogen (secondary N) is 3. The van der Waals surface area contributed by atoms with Crippen LogP contribution in [0, 0.1) is 0 Å². The molecular formula is C18H25N3O4. The van der Waals surface area contributed by atoms with Gasteiger partial charge in [0.05, 0.1) is 32.4 Å². The zero-order valence-corrected chi connectivity index (χ0v) is 14.6. The van der Waals surface area contributed by atoms with Gasteiger partial charge in [-0.25, -0.2) is 0 Å². The number of fused-ring (bicyclic) bond motifs is 1. The summed E-state index contributed by atoms with van der Waals surface area (Å²) in [7, 11) is 3.10. The van der Waals surface area contributed by atoms with Crippen molar-refractivity contribution >= 4 is 17.5 Å². The maximum Gasteiger partial charge on any atom is 0.237 e. The minimum absolute atomic E-state index is 0.0788. The van der Waals surface area contributed by atoms with Crippen molar-refractivity contribution in [2.24, 2.45) is 0 Å². The second kappa shape index (κ2) is 7.74. The van der Waals surface area contributed by atoms with Gasteiger partial charge in [0.25, 0.3) is 0 Å². The smallest absolute Gasteiger partial charge is 0.237 e. The number of carbonyl (C=O) groups is 2. The molecule has 0 unspecified atom stereocenters. The zero-order valence-electron chi connectivity index (χ0n) is 14.6. The van der Waals surface area contributed by atoms with Crippen LogP contribution < -0.4 is 25.4 Å². The summed E-state index contributed by atoms with van der Waals surface area (Å²) in [4.78, 5) is 24.7. The van der Waals surface area contributed by atoms with E-state index < -0.39 is 6.04 Å². The van der Waals surface area contributed by atoms with Gasteiger partial charge in [-0.1, -0.05) is 12.8 Å². The topological polar surface area (TPSA) is 88.7 Å². The number of ether oxygens (including phenoxy) is 2. The van der Waals surface area contributed by atoms with Crippen LogP contribution in [-0.4, -0.2) is 44.2 Å². The molecule has 3 N–H and O–H groups in total. The van der Waals surface area contributed by atoms with Crippen LogP contribution in [0.1, 0.15) is 32.1 Å². The summed E-state index contributed by atoms with van der Waals surface area (Å²) in [6.07, 6.45) is 4.42. The molecule has 1 heterocycles. The maximum absolute atomic E-state index is 12.4. The molecule has 2 fully saturated rings. The van der Waals surface area contributed by atoms with Crippen molar-refractivity contribution in [3.63, 3.8) is 0 Å². The van der Waals surface area contributed by atoms with E-state index in [-0.39, 0.29) is 30.3 Å². The Morgan fingerprint density at radius 1 is 1.20 bits per heavy atom. The highest BCUT2D eigenvalue weighted by atomic mass is 16.5. The van der Waals surface area contributed by atoms with Gasteiger partial charge in [0.2, 0.25) is 11.8 Å². The number of amides is 2. The molecule has 1 aliphatic carbocycles. The molecule has 3 atom stereocenters. The van der Waals surface area contributed by atoms with Crippen LogP contribution in [0.15, 0.2) is 18.2 Å². The summed E-state index contributed by atoms with van der Waals surface area (Å²) < 4.78 is 10.4. The summed E-state index contributed by atoms with van der Waals surface area (Å²) in [5.74, 6) is 0.821. The first-order valence-corrected chi connectivity index (χ1v) is 8.69. The molecule has 3 rings (SSSR count). The summed E-state index contributed by atoms with van der Waals surface area (Å²) in [5.41, 5.74) is 0.526. The number of rotatable bonds is 5. The van der Waals surface area contributed by atoms with Gasteiger partial charge in [-0.15, -0.1) is 0 Å². The molecule has 25 heavy (non-hydrogen) atoms. The fraction of sp³-hybridized carbons (Fsp3) is 0.556. The van der Waals surface area contributed by atoms with Crippen molar-refractivity contribution in [3.8, 4) is 11.5 Å². The third kappa shape index (κ3) is 4.04. The molecule has 0 spiro atoms. The molecular weight excluding hydrogens is 322 g/mol. The quantitative estimate of drug-likeness (QED) is 0.750. The fourth-order valence-electron chi connectivity index (χ4n) is 3.57. The number of benzene rings is 1. The molecule has 0 aromatic heterocycles. The van der Waals surface area contributed by atoms with Crippen molar-refractivity contribution in [2.75, 3.05) is 19.5 Å². The van der Waals surface area contributed by atoms with Gasteiger partial charge in [-0.3, -0.25) is 9.59 Å². The van der Waals surface area contributed by atoms with E-state index in [0.717, 1.165) is 25.7 Å². The van der Waals surface area contributed by atoms with Crippen molar-refractivity contribution < 1.29 is 19.1 Å². The Hall–Kier alpha value is -2.28. The minimum atomic E-state index is -0.504. The van der Waals surface area contributed by atoms with Gasteiger partial charge in [0, 0.05) is 18.2 Å². The Kier molecular flexibility index (Phi) is 5.43. The average Bonchev–Trinajstić information content (AvgIpc) is 2.62. The predicted molar refractivity (Wildman–Crippen MR) is 93.9 cm³/mol. The summed E-state index contributed by atoms with van der Waals surface area (Å²) in [6, 6.07) is 5.13. The number of methoxy groups -OCH3 is 2. The van der Waals surface area contributed by atoms with Gasteiger partial charge in [-0.2, -0.15) is 0 Å². The van der Waals surface area contributed by atoms with Crippen molar-refractivity contribution in [3.05, 3.63) is 18.2 Å². The lowest BCUT2D eigenvalue weighted by Crippen LogP contribution is -2.65. The molecule has 1 aliphatic heterocycles. The molecule has 2 amide bonds. The van der Waals surface area contributed by atoms with Gasteiger partial charge >= 0.3 is 0 Å². The monoisotopic (exact) mass is 347 g/mol. The normalized spacial score (nSPS) is 25.5. The number of hydrogen-bond acceptors (Lipinski definition) is 5. The van der Waals surface area contributed by atoms with Crippen molar-refractivity contribution in [1.82, 2.24) is 10.6 Å². The summed E-state index contributed by atoms with van der Waals surface area (Å²) >= 11 is 0. The molecule has 2 aliphatic rings. The number of carbonyl (C=O) groups excluding carboxylic acids is 2. The first kappa shape index (κ1) is 17.5. The Bertz CT molecular complexity index is 649. The van der Waals surface area contributed by atoms with E-state index in [4.69, 9.17) is 9.47 Å². The predicted octanol–water partition coefficient (Wildman–Crippen LogP) is 1.43. The lowest BCUT2D eigenvalue weighted by Gasteiger charge is -2.40. The molecule has 7 nitrogen and oxygen atoms in total. The first-order valence-electron chi connectivity index (χ1n) is 8.69. The van der Waals surface area contributed by atoms with Gasteiger partial charge in [-0.05, 0) is 25.0 Å². The molecule has 1 saturated heterocycles.